The number of allylic oxidation sites excluding steroid dienone is 1. The monoisotopic (exact) mass is 541 g/mol. The lowest BCUT2D eigenvalue weighted by Gasteiger charge is -2.54. The molecule has 0 radical (unpaired) electrons. The van der Waals surface area contributed by atoms with Gasteiger partial charge >= 0.3 is 0 Å². The molecule has 0 aromatic heterocycles. The highest BCUT2D eigenvalue weighted by Gasteiger charge is 2.66. The summed E-state index contributed by atoms with van der Waals surface area (Å²) in [5.41, 5.74) is 4.70. The van der Waals surface area contributed by atoms with Gasteiger partial charge in [-0.1, -0.05) is 68.5 Å². The summed E-state index contributed by atoms with van der Waals surface area (Å²) in [6, 6.07) is 16.5. The van der Waals surface area contributed by atoms with E-state index in [4.69, 9.17) is 14.2 Å². The van der Waals surface area contributed by atoms with Crippen molar-refractivity contribution in [2.45, 2.75) is 94.8 Å². The molecule has 4 nitrogen and oxygen atoms in total. The third kappa shape index (κ3) is 4.42. The summed E-state index contributed by atoms with van der Waals surface area (Å²) in [7, 11) is 0. The summed E-state index contributed by atoms with van der Waals surface area (Å²) in [5, 5.41) is 6.53. The number of nitrogens with one attached hydrogen (secondary N) is 1. The molecule has 3 fully saturated rings. The predicted molar refractivity (Wildman–Crippen MR) is 162 cm³/mol. The van der Waals surface area contributed by atoms with Crippen LogP contribution in [-0.4, -0.2) is 50.2 Å². The molecule has 40 heavy (non-hydrogen) atoms. The van der Waals surface area contributed by atoms with Crippen LogP contribution in [-0.2, 0) is 14.2 Å². The molecule has 0 unspecified atom stereocenters. The van der Waals surface area contributed by atoms with E-state index in [-0.39, 0.29) is 16.6 Å². The number of ether oxygens (including phenoxy) is 3. The van der Waals surface area contributed by atoms with E-state index in [1.807, 2.05) is 0 Å². The van der Waals surface area contributed by atoms with Gasteiger partial charge in [0.15, 0.2) is 0 Å². The van der Waals surface area contributed by atoms with Crippen LogP contribution in [0.25, 0.3) is 10.8 Å². The van der Waals surface area contributed by atoms with E-state index in [0.717, 1.165) is 39.0 Å². The first-order chi connectivity index (χ1) is 19.6. The average Bonchev–Trinajstić information content (AvgIpc) is 3.49. The largest absolute Gasteiger partial charge is 0.379 e. The number of rotatable bonds is 10. The highest BCUT2D eigenvalue weighted by molar-refractivity contribution is 5.83. The first-order valence-electron chi connectivity index (χ1n) is 16.1. The molecular weight excluding hydrogens is 494 g/mol. The lowest BCUT2D eigenvalue weighted by atomic mass is 9.58. The van der Waals surface area contributed by atoms with Gasteiger partial charge in [-0.25, -0.2) is 0 Å². The maximum atomic E-state index is 7.50. The topological polar surface area (TPSA) is 39.7 Å². The molecular formula is C36H47NO3. The molecule has 214 valence electrons. The molecule has 2 aromatic rings. The first kappa shape index (κ1) is 26.9. The molecule has 4 heteroatoms. The molecule has 2 saturated carbocycles. The van der Waals surface area contributed by atoms with Crippen LogP contribution in [0.1, 0.15) is 83.1 Å². The van der Waals surface area contributed by atoms with Crippen molar-refractivity contribution in [2.24, 2.45) is 11.3 Å². The molecule has 2 heterocycles. The second-order valence-electron chi connectivity index (χ2n) is 13.4. The summed E-state index contributed by atoms with van der Waals surface area (Å²) in [6.07, 6.45) is 15.8. The van der Waals surface area contributed by atoms with Crippen LogP contribution in [0, 0.1) is 11.3 Å². The lowest BCUT2D eigenvalue weighted by Crippen LogP contribution is -2.55. The Kier molecular flexibility index (Phi) is 7.19. The molecule has 2 spiro atoms. The third-order valence-electron chi connectivity index (χ3n) is 11.3. The Morgan fingerprint density at radius 2 is 1.80 bits per heavy atom. The summed E-state index contributed by atoms with van der Waals surface area (Å²) < 4.78 is 18.8. The number of hydrogen-bond donors (Lipinski definition) is 1. The van der Waals surface area contributed by atoms with Gasteiger partial charge in [-0.3, -0.25) is 0 Å². The lowest BCUT2D eigenvalue weighted by molar-refractivity contribution is -0.136. The summed E-state index contributed by atoms with van der Waals surface area (Å²) in [5.74, 6) is 1.18. The summed E-state index contributed by atoms with van der Waals surface area (Å²) in [6.45, 7) is 8.57. The zero-order valence-electron chi connectivity index (χ0n) is 24.6. The first-order valence-corrected chi connectivity index (χ1v) is 16.1. The summed E-state index contributed by atoms with van der Waals surface area (Å²) in [4.78, 5) is 0. The normalized spacial score (nSPS) is 36.1. The molecule has 1 N–H and O–H groups in total. The molecule has 7 rings (SSSR count). The van der Waals surface area contributed by atoms with Crippen LogP contribution in [0.15, 0.2) is 65.8 Å². The molecule has 1 saturated heterocycles. The van der Waals surface area contributed by atoms with Crippen molar-refractivity contribution >= 4 is 10.8 Å². The van der Waals surface area contributed by atoms with Crippen molar-refractivity contribution in [3.8, 4) is 0 Å². The Hall–Kier alpha value is -1.98. The van der Waals surface area contributed by atoms with Crippen molar-refractivity contribution in [2.75, 3.05) is 33.0 Å². The van der Waals surface area contributed by atoms with Crippen LogP contribution in [0.4, 0.5) is 0 Å². The second kappa shape index (κ2) is 10.7. The molecule has 2 aromatic carbocycles. The van der Waals surface area contributed by atoms with E-state index >= 15 is 0 Å². The van der Waals surface area contributed by atoms with Crippen LogP contribution in [0.3, 0.4) is 0 Å². The number of benzene rings is 2. The fourth-order valence-electron chi connectivity index (χ4n) is 9.36. The quantitative estimate of drug-likeness (QED) is 0.317. The summed E-state index contributed by atoms with van der Waals surface area (Å²) >= 11 is 0. The molecule has 2 bridgehead atoms. The van der Waals surface area contributed by atoms with Crippen LogP contribution in [0.2, 0.25) is 0 Å². The smallest absolute Gasteiger partial charge is 0.0974 e. The van der Waals surface area contributed by atoms with Gasteiger partial charge in [0.2, 0.25) is 0 Å². The molecule has 5 aliphatic rings. The highest BCUT2D eigenvalue weighted by atomic mass is 16.5. The molecule has 2 aliphatic heterocycles. The average molecular weight is 542 g/mol. The molecule has 6 atom stereocenters. The maximum Gasteiger partial charge on any atom is 0.0974 e. The zero-order chi connectivity index (χ0) is 27.2. The van der Waals surface area contributed by atoms with Gasteiger partial charge in [0.05, 0.1) is 31.0 Å². The Bertz CT molecular complexity index is 1300. The molecule has 3 aliphatic carbocycles. The number of hydrogen-bond acceptors (Lipinski definition) is 4. The van der Waals surface area contributed by atoms with Crippen LogP contribution >= 0.6 is 0 Å². The Morgan fingerprint density at radius 1 is 0.950 bits per heavy atom. The van der Waals surface area contributed by atoms with Gasteiger partial charge in [0.1, 0.15) is 0 Å². The maximum absolute atomic E-state index is 7.50. The zero-order valence-corrected chi connectivity index (χ0v) is 24.6. The van der Waals surface area contributed by atoms with E-state index in [1.54, 1.807) is 5.57 Å². The standard InChI is InChI=1S/C36H47NO3/c1-3-19-38-21-22-39-20-18-37-31-11-10-29-24-30-14-15-34(2)32(28-9-8-26-6-4-5-7-27(26)23-28)12-13-33(34)36(30)17-16-35(29,25-31)40-36/h4-9,14,23-24,31-33,37H,3,10-13,15-22,25H2,1-2H3/t31-,32-,33-,34-,35-,36-/m1/s1. The van der Waals surface area contributed by atoms with E-state index < -0.39 is 0 Å². The van der Waals surface area contributed by atoms with Gasteiger partial charge in [0.25, 0.3) is 0 Å². The van der Waals surface area contributed by atoms with Gasteiger partial charge in [0, 0.05) is 19.2 Å². The van der Waals surface area contributed by atoms with Crippen molar-refractivity contribution in [3.05, 3.63) is 71.3 Å². The van der Waals surface area contributed by atoms with E-state index in [2.05, 4.69) is 73.8 Å². The Balaban J connectivity index is 1.05. The van der Waals surface area contributed by atoms with Crippen LogP contribution < -0.4 is 5.32 Å². The fourth-order valence-corrected chi connectivity index (χ4v) is 9.36. The van der Waals surface area contributed by atoms with E-state index in [0.29, 0.717) is 31.1 Å². The van der Waals surface area contributed by atoms with Crippen molar-refractivity contribution < 1.29 is 14.2 Å². The molecule has 0 amide bonds. The van der Waals surface area contributed by atoms with Gasteiger partial charge in [-0.2, -0.15) is 0 Å². The van der Waals surface area contributed by atoms with Gasteiger partial charge in [-0.05, 0) is 103 Å². The third-order valence-corrected chi connectivity index (χ3v) is 11.3. The van der Waals surface area contributed by atoms with E-state index in [9.17, 15) is 0 Å². The van der Waals surface area contributed by atoms with E-state index in [1.165, 1.54) is 60.4 Å². The van der Waals surface area contributed by atoms with Crippen LogP contribution in [0.5, 0.6) is 0 Å². The Labute approximate surface area is 240 Å². The minimum absolute atomic E-state index is 0.0681. The SMILES string of the molecule is CCCOCCOCCN[C@@H]1CCC2=CC3=CC[C@]4(C)[C@@H](c5ccc6ccccc6c5)CC[C@H]4[C@@]34CC[C@]2(C1)O4. The Morgan fingerprint density at radius 3 is 2.67 bits per heavy atom. The van der Waals surface area contributed by atoms with Gasteiger partial charge < -0.3 is 19.5 Å². The fraction of sp³-hybridized carbons (Fsp3) is 0.611. The minimum atomic E-state index is -0.0917. The van der Waals surface area contributed by atoms with Crippen molar-refractivity contribution in [1.29, 1.82) is 0 Å². The van der Waals surface area contributed by atoms with Gasteiger partial charge in [-0.15, -0.1) is 0 Å². The van der Waals surface area contributed by atoms with Crippen molar-refractivity contribution in [3.63, 3.8) is 0 Å². The predicted octanol–water partition coefficient (Wildman–Crippen LogP) is 7.48. The second-order valence-corrected chi connectivity index (χ2v) is 13.4. The van der Waals surface area contributed by atoms with Crippen molar-refractivity contribution in [1.82, 2.24) is 5.32 Å². The number of fused-ring (bicyclic) bond motifs is 2. The minimum Gasteiger partial charge on any atom is -0.379 e. The highest BCUT2D eigenvalue weighted by Crippen LogP contribution is 2.69.